The third-order valence-corrected chi connectivity index (χ3v) is 5.46. The first-order valence-corrected chi connectivity index (χ1v) is 10.7. The van der Waals surface area contributed by atoms with Crippen molar-refractivity contribution in [2.24, 2.45) is 13.0 Å². The molecule has 4 rings (SSSR count). The van der Waals surface area contributed by atoms with Crippen molar-refractivity contribution in [2.75, 3.05) is 18.0 Å². The molecule has 6 nitrogen and oxygen atoms in total. The molecule has 0 aliphatic heterocycles. The smallest absolute Gasteiger partial charge is 0.193 e. The molecule has 0 spiro atoms. The van der Waals surface area contributed by atoms with Crippen LogP contribution in [0.5, 0.6) is 5.75 Å². The van der Waals surface area contributed by atoms with Gasteiger partial charge in [-0.05, 0) is 30.5 Å². The van der Waals surface area contributed by atoms with Gasteiger partial charge in [-0.2, -0.15) is 5.10 Å². The number of anilines is 1. The summed E-state index contributed by atoms with van der Waals surface area (Å²) < 4.78 is 16.2. The van der Waals surface area contributed by atoms with E-state index in [1.807, 2.05) is 6.07 Å². The topological polar surface area (TPSA) is 67.1 Å². The maximum atomic E-state index is 14.7. The van der Waals surface area contributed by atoms with E-state index in [4.69, 9.17) is 11.6 Å². The molecule has 0 aliphatic rings. The minimum Gasteiger partial charge on any atom is -0.504 e. The number of aromatic hydroxyl groups is 1. The summed E-state index contributed by atoms with van der Waals surface area (Å²) in [6.45, 7) is 8.35. The molecular formula is C23H25ClFN5O. The Labute approximate surface area is 185 Å². The Bertz CT molecular complexity index is 1270. The van der Waals surface area contributed by atoms with E-state index in [-0.39, 0.29) is 11.1 Å². The van der Waals surface area contributed by atoms with Crippen LogP contribution in [0.15, 0.2) is 30.6 Å². The summed E-state index contributed by atoms with van der Waals surface area (Å²) in [6, 6.07) is 5.29. The number of hydrogen-bond acceptors (Lipinski definition) is 5. The van der Waals surface area contributed by atoms with Crippen LogP contribution in [0, 0.1) is 11.7 Å². The Morgan fingerprint density at radius 3 is 2.74 bits per heavy atom. The zero-order valence-corrected chi connectivity index (χ0v) is 18.8. The van der Waals surface area contributed by atoms with Crippen molar-refractivity contribution < 1.29 is 9.50 Å². The summed E-state index contributed by atoms with van der Waals surface area (Å²) in [5.74, 6) is -0.770. The first kappa shape index (κ1) is 21.3. The number of hydrogen-bond donors (Lipinski definition) is 1. The van der Waals surface area contributed by atoms with Gasteiger partial charge >= 0.3 is 0 Å². The molecule has 0 unspecified atom stereocenters. The number of pyridine rings is 2. The highest BCUT2D eigenvalue weighted by atomic mass is 35.5. The molecule has 0 atom stereocenters. The van der Waals surface area contributed by atoms with Gasteiger partial charge in [-0.1, -0.05) is 32.4 Å². The molecule has 162 valence electrons. The minimum absolute atomic E-state index is 0.111. The fourth-order valence-corrected chi connectivity index (χ4v) is 4.08. The molecule has 0 amide bonds. The second-order valence-corrected chi connectivity index (χ2v) is 8.63. The van der Waals surface area contributed by atoms with Crippen molar-refractivity contribution in [1.29, 1.82) is 0 Å². The summed E-state index contributed by atoms with van der Waals surface area (Å²) >= 11 is 6.60. The van der Waals surface area contributed by atoms with Crippen LogP contribution in [-0.4, -0.2) is 37.9 Å². The first-order valence-electron chi connectivity index (χ1n) is 10.3. The lowest BCUT2D eigenvalue weighted by Crippen LogP contribution is -2.28. The van der Waals surface area contributed by atoms with Gasteiger partial charge in [0.05, 0.1) is 22.6 Å². The molecule has 4 aromatic rings. The van der Waals surface area contributed by atoms with Crippen molar-refractivity contribution in [3.8, 4) is 17.0 Å². The minimum atomic E-state index is -0.779. The Morgan fingerprint density at radius 2 is 2.03 bits per heavy atom. The molecule has 31 heavy (non-hydrogen) atoms. The standard InChI is InChI=1S/C23H25ClFN5O/c1-5-6-30(11-13(2)3)15-8-16-18(24)9-19(27-23(16)26-10-15)17-7-14-12-29(4)28-21(14)20(25)22(17)31/h7-10,12-13,31H,5-6,11H2,1-4H3. The molecule has 0 saturated carbocycles. The lowest BCUT2D eigenvalue weighted by molar-refractivity contribution is 0.437. The average Bonchev–Trinajstić information content (AvgIpc) is 3.10. The zero-order chi connectivity index (χ0) is 22.3. The Kier molecular flexibility index (Phi) is 5.71. The van der Waals surface area contributed by atoms with E-state index >= 15 is 0 Å². The van der Waals surface area contributed by atoms with Crippen molar-refractivity contribution in [1.82, 2.24) is 19.7 Å². The van der Waals surface area contributed by atoms with Crippen LogP contribution in [0.25, 0.3) is 33.2 Å². The fraction of sp³-hybridized carbons (Fsp3) is 0.348. The second kappa shape index (κ2) is 8.30. The van der Waals surface area contributed by atoms with Crippen LogP contribution in [0.2, 0.25) is 5.02 Å². The van der Waals surface area contributed by atoms with Crippen LogP contribution in [0.1, 0.15) is 27.2 Å². The quantitative estimate of drug-likeness (QED) is 0.424. The molecule has 8 heteroatoms. The van der Waals surface area contributed by atoms with E-state index < -0.39 is 11.6 Å². The largest absolute Gasteiger partial charge is 0.504 e. The summed E-state index contributed by atoms with van der Waals surface area (Å²) in [5, 5.41) is 16.2. The van der Waals surface area contributed by atoms with Crippen molar-refractivity contribution in [3.63, 3.8) is 0 Å². The molecule has 0 aliphatic carbocycles. The predicted octanol–water partition coefficient (Wildman–Crippen LogP) is 5.55. The third kappa shape index (κ3) is 4.02. The number of rotatable bonds is 6. The Balaban J connectivity index is 1.82. The molecule has 1 N–H and O–H groups in total. The summed E-state index contributed by atoms with van der Waals surface area (Å²) in [5.41, 5.74) is 2.15. The van der Waals surface area contributed by atoms with E-state index in [9.17, 15) is 9.50 Å². The van der Waals surface area contributed by atoms with E-state index in [0.29, 0.717) is 27.7 Å². The van der Waals surface area contributed by atoms with Crippen LogP contribution in [0.3, 0.4) is 0 Å². The number of aryl methyl sites for hydroxylation is 1. The molecule has 1 aromatic carbocycles. The van der Waals surface area contributed by atoms with E-state index in [1.54, 1.807) is 31.6 Å². The fourth-order valence-electron chi connectivity index (χ4n) is 3.84. The van der Waals surface area contributed by atoms with E-state index in [1.165, 1.54) is 4.68 Å². The maximum absolute atomic E-state index is 14.7. The number of benzene rings is 1. The molecule has 0 fully saturated rings. The SMILES string of the molecule is CCCN(CC(C)C)c1cnc2nc(-c3cc4cn(C)nc4c(F)c3O)cc(Cl)c2c1. The van der Waals surface area contributed by atoms with Gasteiger partial charge in [0.25, 0.3) is 0 Å². The number of nitrogens with zero attached hydrogens (tertiary/aromatic N) is 5. The predicted molar refractivity (Wildman–Crippen MR) is 123 cm³/mol. The molecule has 0 bridgehead atoms. The third-order valence-electron chi connectivity index (χ3n) is 5.15. The first-order chi connectivity index (χ1) is 14.8. The number of phenols is 1. The van der Waals surface area contributed by atoms with Gasteiger partial charge in [-0.25, -0.2) is 14.4 Å². The van der Waals surface area contributed by atoms with Crippen molar-refractivity contribution >= 4 is 39.2 Å². The normalized spacial score (nSPS) is 11.7. The highest BCUT2D eigenvalue weighted by Gasteiger charge is 2.19. The van der Waals surface area contributed by atoms with Gasteiger partial charge in [0, 0.05) is 42.7 Å². The monoisotopic (exact) mass is 441 g/mol. The van der Waals surface area contributed by atoms with Crippen molar-refractivity contribution in [2.45, 2.75) is 27.2 Å². The number of phenolic OH excluding ortho intramolecular Hbond substituents is 1. The Morgan fingerprint density at radius 1 is 1.26 bits per heavy atom. The lowest BCUT2D eigenvalue weighted by Gasteiger charge is -2.26. The van der Waals surface area contributed by atoms with E-state index in [0.717, 1.165) is 30.6 Å². The highest BCUT2D eigenvalue weighted by Crippen LogP contribution is 2.37. The van der Waals surface area contributed by atoms with E-state index in [2.05, 4.69) is 40.7 Å². The molecule has 3 heterocycles. The number of halogens is 2. The van der Waals surface area contributed by atoms with Gasteiger partial charge < -0.3 is 10.0 Å². The van der Waals surface area contributed by atoms with Gasteiger partial charge in [0.1, 0.15) is 5.52 Å². The number of fused-ring (bicyclic) bond motifs is 2. The molecular weight excluding hydrogens is 417 g/mol. The maximum Gasteiger partial charge on any atom is 0.193 e. The zero-order valence-electron chi connectivity index (χ0n) is 18.0. The highest BCUT2D eigenvalue weighted by molar-refractivity contribution is 6.35. The van der Waals surface area contributed by atoms with Gasteiger partial charge in [0.2, 0.25) is 0 Å². The van der Waals surface area contributed by atoms with Gasteiger partial charge in [-0.15, -0.1) is 0 Å². The summed E-state index contributed by atoms with van der Waals surface area (Å²) in [4.78, 5) is 11.4. The van der Waals surface area contributed by atoms with Gasteiger partial charge in [0.15, 0.2) is 17.2 Å². The Hall–Kier alpha value is -2.93. The molecule has 0 radical (unpaired) electrons. The molecule has 0 saturated heterocycles. The summed E-state index contributed by atoms with van der Waals surface area (Å²) in [7, 11) is 1.70. The van der Waals surface area contributed by atoms with Crippen LogP contribution < -0.4 is 4.90 Å². The van der Waals surface area contributed by atoms with Gasteiger partial charge in [-0.3, -0.25) is 4.68 Å². The summed E-state index contributed by atoms with van der Waals surface area (Å²) in [6.07, 6.45) is 4.50. The van der Waals surface area contributed by atoms with Crippen LogP contribution in [-0.2, 0) is 7.05 Å². The average molecular weight is 442 g/mol. The van der Waals surface area contributed by atoms with Crippen LogP contribution >= 0.6 is 11.6 Å². The van der Waals surface area contributed by atoms with Crippen molar-refractivity contribution in [3.05, 3.63) is 41.4 Å². The number of aromatic nitrogens is 4. The second-order valence-electron chi connectivity index (χ2n) is 8.22. The lowest BCUT2D eigenvalue weighted by atomic mass is 10.1. The molecule has 3 aromatic heterocycles. The van der Waals surface area contributed by atoms with Crippen LogP contribution in [0.4, 0.5) is 10.1 Å².